The van der Waals surface area contributed by atoms with Crippen molar-refractivity contribution in [1.82, 2.24) is 0 Å². The third-order valence-electron chi connectivity index (χ3n) is 0.738. The Morgan fingerprint density at radius 1 is 1.50 bits per heavy atom. The highest BCUT2D eigenvalue weighted by atomic mass is 79.9. The van der Waals surface area contributed by atoms with Crippen LogP contribution < -0.4 is 0 Å². The van der Waals surface area contributed by atoms with Gasteiger partial charge < -0.3 is 4.74 Å². The second-order valence-corrected chi connectivity index (χ2v) is 2.02. The normalized spacial score (nSPS) is 9.80. The molecule has 0 fully saturated rings. The van der Waals surface area contributed by atoms with E-state index in [0.717, 1.165) is 6.08 Å². The Hall–Kier alpha value is -0.640. The Balaban J connectivity index is 3.75. The summed E-state index contributed by atoms with van der Waals surface area (Å²) >= 11 is 2.93. The van der Waals surface area contributed by atoms with E-state index in [9.17, 15) is 9.59 Å². The molecule has 0 atom stereocenters. The minimum atomic E-state index is -0.519. The van der Waals surface area contributed by atoms with Crippen LogP contribution in [-0.2, 0) is 14.3 Å². The van der Waals surface area contributed by atoms with E-state index in [2.05, 4.69) is 20.7 Å². The van der Waals surface area contributed by atoms with E-state index in [1.54, 1.807) is 0 Å². The molecule has 0 bridgehead atoms. The van der Waals surface area contributed by atoms with Crippen molar-refractivity contribution in [1.29, 1.82) is 0 Å². The highest BCUT2D eigenvalue weighted by Crippen LogP contribution is 1.85. The molecule has 0 saturated heterocycles. The van der Waals surface area contributed by atoms with Crippen molar-refractivity contribution in [2.75, 3.05) is 12.4 Å². The van der Waals surface area contributed by atoms with Crippen LogP contribution >= 0.6 is 15.9 Å². The summed E-state index contributed by atoms with van der Waals surface area (Å²) in [6, 6.07) is 0. The van der Waals surface area contributed by atoms with Gasteiger partial charge in [0.25, 0.3) is 0 Å². The lowest BCUT2D eigenvalue weighted by Gasteiger charge is -1.87. The number of carbonyl (C=O) groups excluding carboxylic acids is 2. The van der Waals surface area contributed by atoms with Crippen molar-refractivity contribution < 1.29 is 14.3 Å². The molecule has 0 unspecified atom stereocenters. The average molecular weight is 207 g/mol. The summed E-state index contributed by atoms with van der Waals surface area (Å²) in [7, 11) is 1.26. The number of ether oxygens (including phenoxy) is 1. The monoisotopic (exact) mass is 206 g/mol. The predicted molar refractivity (Wildman–Crippen MR) is 40.0 cm³/mol. The zero-order valence-corrected chi connectivity index (χ0v) is 7.05. The number of carbonyl (C=O) groups is 2. The molecule has 0 aliphatic heterocycles. The Labute approximate surface area is 67.2 Å². The number of alkyl halides is 1. The van der Waals surface area contributed by atoms with Crippen molar-refractivity contribution in [2.24, 2.45) is 0 Å². The molecule has 0 aliphatic carbocycles. The topological polar surface area (TPSA) is 43.4 Å². The molecule has 0 radical (unpaired) electrons. The van der Waals surface area contributed by atoms with Gasteiger partial charge in [-0.05, 0) is 6.08 Å². The van der Waals surface area contributed by atoms with Gasteiger partial charge in [-0.15, -0.1) is 0 Å². The first-order chi connectivity index (χ1) is 4.70. The van der Waals surface area contributed by atoms with Gasteiger partial charge in [-0.1, -0.05) is 15.9 Å². The van der Waals surface area contributed by atoms with E-state index in [-0.39, 0.29) is 11.1 Å². The van der Waals surface area contributed by atoms with Gasteiger partial charge in [0, 0.05) is 6.08 Å². The van der Waals surface area contributed by atoms with Crippen LogP contribution in [0.3, 0.4) is 0 Å². The first-order valence-corrected chi connectivity index (χ1v) is 3.67. The van der Waals surface area contributed by atoms with Gasteiger partial charge >= 0.3 is 5.97 Å². The summed E-state index contributed by atoms with van der Waals surface area (Å²) < 4.78 is 4.25. The van der Waals surface area contributed by atoms with E-state index in [0.29, 0.717) is 0 Å². The largest absolute Gasteiger partial charge is 0.466 e. The lowest BCUT2D eigenvalue weighted by Crippen LogP contribution is -1.98. The fraction of sp³-hybridized carbons (Fsp3) is 0.333. The number of hydrogen-bond donors (Lipinski definition) is 0. The molecule has 0 aromatic heterocycles. The van der Waals surface area contributed by atoms with Gasteiger partial charge in [0.15, 0.2) is 5.78 Å². The van der Waals surface area contributed by atoms with E-state index in [1.165, 1.54) is 13.2 Å². The maximum Gasteiger partial charge on any atom is 0.330 e. The maximum atomic E-state index is 10.5. The summed E-state index contributed by atoms with van der Waals surface area (Å²) in [6.45, 7) is 0. The molecule has 0 aliphatic rings. The molecule has 0 saturated carbocycles. The third kappa shape index (κ3) is 4.26. The lowest BCUT2D eigenvalue weighted by atomic mass is 10.4. The van der Waals surface area contributed by atoms with Crippen molar-refractivity contribution >= 4 is 27.7 Å². The van der Waals surface area contributed by atoms with Gasteiger partial charge in [-0.3, -0.25) is 4.79 Å². The number of allylic oxidation sites excluding steroid dienone is 1. The van der Waals surface area contributed by atoms with Crippen molar-refractivity contribution in [3.63, 3.8) is 0 Å². The van der Waals surface area contributed by atoms with Crippen LogP contribution in [0.5, 0.6) is 0 Å². The number of halogens is 1. The predicted octanol–water partition coefficient (Wildman–Crippen LogP) is 0.680. The number of ketones is 1. The highest BCUT2D eigenvalue weighted by molar-refractivity contribution is 9.09. The Kier molecular flexibility index (Phi) is 4.84. The zero-order chi connectivity index (χ0) is 7.98. The first kappa shape index (κ1) is 9.36. The molecule has 4 heteroatoms. The Morgan fingerprint density at radius 2 is 2.10 bits per heavy atom. The fourth-order valence-electron chi connectivity index (χ4n) is 0.274. The SMILES string of the molecule is COC(=O)C=CC(=O)CBr. The van der Waals surface area contributed by atoms with Gasteiger partial charge in [0.05, 0.1) is 12.4 Å². The van der Waals surface area contributed by atoms with Crippen LogP contribution in [0.2, 0.25) is 0 Å². The van der Waals surface area contributed by atoms with Gasteiger partial charge in [0.2, 0.25) is 0 Å². The number of hydrogen-bond acceptors (Lipinski definition) is 3. The van der Waals surface area contributed by atoms with E-state index >= 15 is 0 Å². The molecule has 56 valence electrons. The smallest absolute Gasteiger partial charge is 0.330 e. The molecular weight excluding hydrogens is 200 g/mol. The third-order valence-corrected chi connectivity index (χ3v) is 1.29. The summed E-state index contributed by atoms with van der Waals surface area (Å²) in [5.74, 6) is -0.681. The van der Waals surface area contributed by atoms with Gasteiger partial charge in [-0.25, -0.2) is 4.79 Å². The Bertz CT molecular complexity index is 144. The van der Waals surface area contributed by atoms with E-state index in [4.69, 9.17) is 0 Å². The van der Waals surface area contributed by atoms with Crippen LogP contribution in [0, 0.1) is 0 Å². The number of methoxy groups -OCH3 is 1. The molecule has 0 N–H and O–H groups in total. The average Bonchev–Trinajstić information content (AvgIpc) is 1.99. The van der Waals surface area contributed by atoms with Crippen LogP contribution in [0.4, 0.5) is 0 Å². The van der Waals surface area contributed by atoms with Gasteiger partial charge in [0.1, 0.15) is 0 Å². The van der Waals surface area contributed by atoms with Crippen LogP contribution in [0.15, 0.2) is 12.2 Å². The van der Waals surface area contributed by atoms with E-state index < -0.39 is 5.97 Å². The van der Waals surface area contributed by atoms with Gasteiger partial charge in [-0.2, -0.15) is 0 Å². The summed E-state index contributed by atoms with van der Waals surface area (Å²) in [4.78, 5) is 20.8. The molecule has 3 nitrogen and oxygen atoms in total. The second-order valence-electron chi connectivity index (χ2n) is 1.46. The summed E-state index contributed by atoms with van der Waals surface area (Å²) in [5.41, 5.74) is 0. The second kappa shape index (κ2) is 5.17. The Morgan fingerprint density at radius 3 is 2.50 bits per heavy atom. The van der Waals surface area contributed by atoms with Crippen LogP contribution in [0.1, 0.15) is 0 Å². The lowest BCUT2D eigenvalue weighted by molar-refractivity contribution is -0.135. The standard InChI is InChI=1S/C6H7BrO3/c1-10-6(9)3-2-5(8)4-7/h2-3H,4H2,1H3. The van der Waals surface area contributed by atoms with Crippen molar-refractivity contribution in [2.45, 2.75) is 0 Å². The van der Waals surface area contributed by atoms with E-state index in [1.807, 2.05) is 0 Å². The maximum absolute atomic E-state index is 10.5. The first-order valence-electron chi connectivity index (χ1n) is 2.55. The summed E-state index contributed by atoms with van der Waals surface area (Å²) in [6.07, 6.45) is 2.25. The molecule has 0 rings (SSSR count). The van der Waals surface area contributed by atoms with Crippen molar-refractivity contribution in [3.8, 4) is 0 Å². The number of rotatable bonds is 3. The quantitative estimate of drug-likeness (QED) is 0.388. The molecule has 0 aromatic rings. The fourth-order valence-corrected chi connectivity index (χ4v) is 0.460. The molecule has 0 amide bonds. The molecule has 10 heavy (non-hydrogen) atoms. The molecule has 0 spiro atoms. The highest BCUT2D eigenvalue weighted by Gasteiger charge is 1.94. The number of esters is 1. The van der Waals surface area contributed by atoms with Crippen LogP contribution in [0.25, 0.3) is 0 Å². The zero-order valence-electron chi connectivity index (χ0n) is 5.46. The van der Waals surface area contributed by atoms with Crippen LogP contribution in [-0.4, -0.2) is 24.2 Å². The molecule has 0 aromatic carbocycles. The summed E-state index contributed by atoms with van der Waals surface area (Å²) in [5, 5.41) is 0.223. The minimum Gasteiger partial charge on any atom is -0.466 e. The minimum absolute atomic E-state index is 0.162. The molecular formula is C6H7BrO3. The molecule has 0 heterocycles. The van der Waals surface area contributed by atoms with Crippen molar-refractivity contribution in [3.05, 3.63) is 12.2 Å².